The van der Waals surface area contributed by atoms with Gasteiger partial charge in [0.25, 0.3) is 5.91 Å². The van der Waals surface area contributed by atoms with Gasteiger partial charge in [0.2, 0.25) is 5.91 Å². The van der Waals surface area contributed by atoms with Gasteiger partial charge in [0.15, 0.2) is 24.1 Å². The molecule has 23 nitrogen and oxygen atoms in total. The molecule has 0 spiro atoms. The number of aromatic hydroxyl groups is 3. The van der Waals surface area contributed by atoms with E-state index in [9.17, 15) is 60.0 Å². The topological polar surface area (TPSA) is 357 Å². The van der Waals surface area contributed by atoms with Crippen molar-refractivity contribution in [2.75, 3.05) is 60.3 Å². The molecule has 2 heterocycles. The number of aryl methyl sites for hydroxylation is 1. The zero-order chi connectivity index (χ0) is 50.2. The van der Waals surface area contributed by atoms with Crippen LogP contribution in [-0.2, 0) is 33.2 Å². The summed E-state index contributed by atoms with van der Waals surface area (Å²) in [6.07, 6.45) is -15.6. The minimum atomic E-state index is -1.89. The lowest BCUT2D eigenvalue weighted by atomic mass is 9.74. The average Bonchev–Trinajstić information content (AvgIpc) is 3.31. The number of benzene rings is 3. The number of nitrogens with one attached hydrogen (secondary N) is 3. The van der Waals surface area contributed by atoms with E-state index in [0.29, 0.717) is 19.8 Å². The molecule has 7 rings (SSSR count). The number of methoxy groups -OCH3 is 1. The minimum absolute atomic E-state index is 0.0205. The van der Waals surface area contributed by atoms with Crippen LogP contribution in [0.5, 0.6) is 23.0 Å². The Bertz CT molecular complexity index is 2450. The fourth-order valence-electron chi connectivity index (χ4n) is 9.11. The third kappa shape index (κ3) is 9.75. The molecule has 376 valence electrons. The van der Waals surface area contributed by atoms with E-state index in [0.717, 1.165) is 12.1 Å². The molecule has 0 bridgehead atoms. The molecule has 13 N–H and O–H groups in total. The summed E-state index contributed by atoms with van der Waals surface area (Å²) in [5.41, 5.74) is 2.26. The van der Waals surface area contributed by atoms with Gasteiger partial charge in [-0.25, -0.2) is 0 Å². The first-order valence-corrected chi connectivity index (χ1v) is 22.2. The minimum Gasteiger partial charge on any atom is -0.507 e. The summed E-state index contributed by atoms with van der Waals surface area (Å²) in [4.78, 5) is 55.6. The number of hydrogen-bond acceptors (Lipinski definition) is 21. The molecule has 23 heteroatoms. The Hall–Kier alpha value is -5.38. The maximum absolute atomic E-state index is 14.3. The van der Waals surface area contributed by atoms with Gasteiger partial charge >= 0.3 is 0 Å². The van der Waals surface area contributed by atoms with Crippen LogP contribution in [0, 0.1) is 6.92 Å². The fourth-order valence-corrected chi connectivity index (χ4v) is 9.11. The van der Waals surface area contributed by atoms with Crippen LogP contribution < -0.4 is 26.4 Å². The van der Waals surface area contributed by atoms with Crippen molar-refractivity contribution in [2.24, 2.45) is 5.73 Å². The van der Waals surface area contributed by atoms with Gasteiger partial charge in [-0.1, -0.05) is 6.07 Å². The Morgan fingerprint density at radius 1 is 0.826 bits per heavy atom. The SMILES string of the molecule is CN[C@@H]1[C@H](O[C@@H]2OC[C@@H](O)[C@H](O)[C@H]2O)[C@@H](O)[C@H](O[C@H]2c3cc(C)c(C(=O)N[C@H](C)C(=O)NCCOCCOCCN)c(O)c3-c3c(cc4c(c3O)C(=O)c3cc(OC)cc(O)c3C4=O)[C@@H]2O)O[C@@H]1C. The normalized spacial score (nSPS) is 27.7. The van der Waals surface area contributed by atoms with Gasteiger partial charge in [-0.2, -0.15) is 0 Å². The summed E-state index contributed by atoms with van der Waals surface area (Å²) >= 11 is 0. The van der Waals surface area contributed by atoms with Crippen LogP contribution in [0.3, 0.4) is 0 Å². The number of hydrogen-bond donors (Lipinski definition) is 12. The number of aliphatic hydroxyl groups excluding tert-OH is 5. The highest BCUT2D eigenvalue weighted by atomic mass is 16.7. The monoisotopic (exact) mass is 970 g/mol. The molecule has 0 aromatic heterocycles. The first-order chi connectivity index (χ1) is 32.9. The van der Waals surface area contributed by atoms with Gasteiger partial charge in [0.1, 0.15) is 71.8 Å². The molecule has 2 aliphatic heterocycles. The number of likely N-dealkylation sites (N-methyl/N-ethyl adjacent to an activating group) is 1. The van der Waals surface area contributed by atoms with Crippen molar-refractivity contribution in [1.82, 2.24) is 16.0 Å². The molecule has 4 aliphatic rings. The molecule has 12 atom stereocenters. The molecular weight excluding hydrogens is 913 g/mol. The Balaban J connectivity index is 1.27. The van der Waals surface area contributed by atoms with E-state index in [1.54, 1.807) is 14.0 Å². The number of nitrogens with two attached hydrogens (primary N) is 1. The predicted octanol–water partition coefficient (Wildman–Crippen LogP) is -1.59. The van der Waals surface area contributed by atoms with Crippen molar-refractivity contribution in [1.29, 1.82) is 0 Å². The van der Waals surface area contributed by atoms with Crippen molar-refractivity contribution < 1.29 is 93.2 Å². The van der Waals surface area contributed by atoms with Crippen LogP contribution in [0.2, 0.25) is 0 Å². The number of rotatable bonds is 17. The summed E-state index contributed by atoms with van der Waals surface area (Å²) in [6.45, 7) is 5.57. The first kappa shape index (κ1) is 51.5. The number of phenolic OH excluding ortho intramolecular Hbond substituents is 3. The number of carbonyl (C=O) groups is 4. The van der Waals surface area contributed by atoms with Crippen LogP contribution >= 0.6 is 0 Å². The number of phenols is 3. The van der Waals surface area contributed by atoms with Gasteiger partial charge in [-0.15, -0.1) is 0 Å². The highest BCUT2D eigenvalue weighted by Crippen LogP contribution is 2.57. The van der Waals surface area contributed by atoms with E-state index in [-0.39, 0.29) is 64.5 Å². The summed E-state index contributed by atoms with van der Waals surface area (Å²) in [5, 5.41) is 98.8. The lowest BCUT2D eigenvalue weighted by Crippen LogP contribution is -2.65. The first-order valence-electron chi connectivity index (χ1n) is 22.2. The third-order valence-corrected chi connectivity index (χ3v) is 12.6. The van der Waals surface area contributed by atoms with Crippen LogP contribution in [0.1, 0.15) is 84.9 Å². The fraction of sp³-hybridized carbons (Fsp3) is 0.522. The van der Waals surface area contributed by atoms with Crippen molar-refractivity contribution in [3.63, 3.8) is 0 Å². The maximum atomic E-state index is 14.3. The van der Waals surface area contributed by atoms with Crippen LogP contribution in [0.4, 0.5) is 0 Å². The van der Waals surface area contributed by atoms with Crippen LogP contribution in [-0.4, -0.2) is 186 Å². The van der Waals surface area contributed by atoms with E-state index < -0.39 is 137 Å². The van der Waals surface area contributed by atoms with Crippen molar-refractivity contribution in [3.8, 4) is 34.1 Å². The molecule has 0 saturated carbocycles. The van der Waals surface area contributed by atoms with E-state index in [1.807, 2.05) is 0 Å². The molecule has 0 radical (unpaired) electrons. The van der Waals surface area contributed by atoms with Gasteiger partial charge in [0.05, 0.1) is 69.0 Å². The standard InChI is InChI=1S/C46H58N4O19/c1-17-12-24-30(37(57)27(17)44(62)50-18(2)43(61)49-7-9-65-11-10-64-8-6-47)29-22(15-23-31(38(29)58)34(54)21-13-20(63-5)14-25(51)28(21)33(23)53)35(55)41(24)68-46-40(60)42(32(48-4)19(3)67-46)69-45-39(59)36(56)26(52)16-66-45/h12-15,18-19,26,32,35-36,39-42,45-46,48,51-52,55-60H,6-11,16,47H2,1-5H3,(H,49,61)(H,50,62)/t18-,19-,26-,32+,35+,36+,39-,40-,41+,42+,45+,46+/m1/s1. The Morgan fingerprint density at radius 2 is 1.49 bits per heavy atom. The second kappa shape index (κ2) is 21.3. The quantitative estimate of drug-likeness (QED) is 0.0531. The van der Waals surface area contributed by atoms with Gasteiger partial charge < -0.3 is 95.7 Å². The van der Waals surface area contributed by atoms with E-state index >= 15 is 0 Å². The Kier molecular flexibility index (Phi) is 15.9. The zero-order valence-corrected chi connectivity index (χ0v) is 38.3. The largest absolute Gasteiger partial charge is 0.507 e. The molecule has 69 heavy (non-hydrogen) atoms. The molecular formula is C46H58N4O19. The van der Waals surface area contributed by atoms with E-state index in [1.165, 1.54) is 33.1 Å². The summed E-state index contributed by atoms with van der Waals surface area (Å²) in [6, 6.07) is 2.79. The molecule has 2 amide bonds. The van der Waals surface area contributed by atoms with Gasteiger partial charge in [0, 0.05) is 41.4 Å². The molecule has 2 saturated heterocycles. The Labute approximate surface area is 395 Å². The zero-order valence-electron chi connectivity index (χ0n) is 38.3. The van der Waals surface area contributed by atoms with Gasteiger partial charge in [-0.05, 0) is 56.6 Å². The molecule has 2 aliphatic carbocycles. The van der Waals surface area contributed by atoms with E-state index in [2.05, 4.69) is 16.0 Å². The number of aliphatic hydroxyl groups is 5. The molecule has 2 fully saturated rings. The van der Waals surface area contributed by atoms with Gasteiger partial charge in [-0.3, -0.25) is 19.2 Å². The van der Waals surface area contributed by atoms with Crippen molar-refractivity contribution >= 4 is 23.4 Å². The number of fused-ring (bicyclic) bond motifs is 5. The second-order valence-electron chi connectivity index (χ2n) is 17.1. The predicted molar refractivity (Wildman–Crippen MR) is 237 cm³/mol. The van der Waals surface area contributed by atoms with Crippen molar-refractivity contribution in [2.45, 2.75) is 94.3 Å². The highest BCUT2D eigenvalue weighted by molar-refractivity contribution is 6.31. The lowest BCUT2D eigenvalue weighted by Gasteiger charge is -2.47. The highest BCUT2D eigenvalue weighted by Gasteiger charge is 2.51. The summed E-state index contributed by atoms with van der Waals surface area (Å²) in [7, 11) is 2.82. The molecule has 0 unspecified atom stereocenters. The number of ether oxygens (including phenoxy) is 7. The van der Waals surface area contributed by atoms with E-state index in [4.69, 9.17) is 38.9 Å². The van der Waals surface area contributed by atoms with Crippen LogP contribution in [0.15, 0.2) is 24.3 Å². The Morgan fingerprint density at radius 3 is 2.17 bits per heavy atom. The number of amides is 2. The molecule has 3 aromatic rings. The molecule has 3 aromatic carbocycles. The lowest BCUT2D eigenvalue weighted by molar-refractivity contribution is -0.339. The number of carbonyl (C=O) groups excluding carboxylic acids is 4. The number of ketones is 2. The van der Waals surface area contributed by atoms with Crippen molar-refractivity contribution in [3.05, 3.63) is 68.8 Å². The summed E-state index contributed by atoms with van der Waals surface area (Å²) in [5.74, 6) is -5.65. The maximum Gasteiger partial charge on any atom is 0.255 e. The van der Waals surface area contributed by atoms with Crippen LogP contribution in [0.25, 0.3) is 11.1 Å². The summed E-state index contributed by atoms with van der Waals surface area (Å²) < 4.78 is 39.9. The third-order valence-electron chi connectivity index (χ3n) is 12.6. The average molecular weight is 971 g/mol. The smallest absolute Gasteiger partial charge is 0.255 e. The second-order valence-corrected chi connectivity index (χ2v) is 17.1.